The topological polar surface area (TPSA) is 101 Å². The number of nitrogens with one attached hydrogen (secondary N) is 1. The second-order valence-corrected chi connectivity index (χ2v) is 8.63. The van der Waals surface area contributed by atoms with Crippen LogP contribution in [-0.2, 0) is 6.54 Å². The zero-order chi connectivity index (χ0) is 25.1. The van der Waals surface area contributed by atoms with E-state index in [9.17, 15) is 9.90 Å². The minimum absolute atomic E-state index is 0.0946. The van der Waals surface area contributed by atoms with Gasteiger partial charge in [-0.05, 0) is 55.3 Å². The second kappa shape index (κ2) is 10.2. The maximum Gasteiger partial charge on any atom is 0.273 e. The summed E-state index contributed by atoms with van der Waals surface area (Å²) in [6, 6.07) is 15.9. The molecule has 8 nitrogen and oxygen atoms in total. The Kier molecular flexibility index (Phi) is 6.66. The first kappa shape index (κ1) is 23.5. The molecule has 0 radical (unpaired) electrons. The van der Waals surface area contributed by atoms with Gasteiger partial charge >= 0.3 is 0 Å². The van der Waals surface area contributed by atoms with E-state index >= 15 is 0 Å². The number of carbonyl (C=O) groups is 1. The van der Waals surface area contributed by atoms with Crippen LogP contribution in [0.1, 0.15) is 60.1 Å². The molecule has 1 atom stereocenters. The van der Waals surface area contributed by atoms with Crippen LogP contribution in [0.3, 0.4) is 0 Å². The summed E-state index contributed by atoms with van der Waals surface area (Å²) >= 11 is 0. The molecule has 1 aliphatic rings. The number of benzene rings is 2. The maximum atomic E-state index is 13.6. The first-order valence-electron chi connectivity index (χ1n) is 12.2. The van der Waals surface area contributed by atoms with Crippen LogP contribution in [-0.4, -0.2) is 39.3 Å². The zero-order valence-electron chi connectivity index (χ0n) is 20.4. The van der Waals surface area contributed by atoms with Gasteiger partial charge in [0, 0.05) is 11.1 Å². The fourth-order valence-corrected chi connectivity index (χ4v) is 4.56. The van der Waals surface area contributed by atoms with E-state index in [2.05, 4.69) is 17.1 Å². The summed E-state index contributed by atoms with van der Waals surface area (Å²) in [5, 5.41) is 17.9. The predicted molar refractivity (Wildman–Crippen MR) is 134 cm³/mol. The van der Waals surface area contributed by atoms with Crippen molar-refractivity contribution in [2.75, 3.05) is 13.2 Å². The van der Waals surface area contributed by atoms with Crippen molar-refractivity contribution in [1.29, 1.82) is 0 Å². The SMILES string of the molecule is CCCCOc1ccc([C@H]2c3c(-c4ccccc4O)n[nH]c3C(=O)N2Cc2ccco2)cc1OCC. The van der Waals surface area contributed by atoms with Gasteiger partial charge in [0.2, 0.25) is 0 Å². The average molecular weight is 488 g/mol. The minimum Gasteiger partial charge on any atom is -0.507 e. The van der Waals surface area contributed by atoms with E-state index in [4.69, 9.17) is 13.9 Å². The minimum atomic E-state index is -0.477. The van der Waals surface area contributed by atoms with Gasteiger partial charge in [0.15, 0.2) is 11.5 Å². The molecule has 186 valence electrons. The molecule has 0 saturated carbocycles. The molecule has 0 bridgehead atoms. The van der Waals surface area contributed by atoms with Crippen LogP contribution in [0.4, 0.5) is 0 Å². The number of phenolic OH excluding ortho intramolecular Hbond substituents is 1. The summed E-state index contributed by atoms with van der Waals surface area (Å²) in [7, 11) is 0. The van der Waals surface area contributed by atoms with Gasteiger partial charge in [-0.1, -0.05) is 31.5 Å². The van der Waals surface area contributed by atoms with Gasteiger partial charge in [-0.3, -0.25) is 9.89 Å². The molecule has 3 heterocycles. The Morgan fingerprint density at radius 3 is 2.69 bits per heavy atom. The van der Waals surface area contributed by atoms with Gasteiger partial charge in [-0.2, -0.15) is 5.10 Å². The van der Waals surface area contributed by atoms with Gasteiger partial charge in [-0.25, -0.2) is 0 Å². The molecule has 1 amide bonds. The number of aromatic amines is 1. The molecule has 0 unspecified atom stereocenters. The number of furan rings is 1. The Labute approximate surface area is 209 Å². The number of fused-ring (bicyclic) bond motifs is 1. The van der Waals surface area contributed by atoms with Gasteiger partial charge in [0.25, 0.3) is 5.91 Å². The molecule has 2 aromatic carbocycles. The summed E-state index contributed by atoms with van der Waals surface area (Å²) in [6.07, 6.45) is 3.57. The molecule has 2 aromatic heterocycles. The fourth-order valence-electron chi connectivity index (χ4n) is 4.56. The molecule has 2 N–H and O–H groups in total. The molecule has 36 heavy (non-hydrogen) atoms. The number of nitrogens with zero attached hydrogens (tertiary/aromatic N) is 2. The Balaban J connectivity index is 1.62. The number of para-hydroxylation sites is 1. The number of aromatic hydroxyl groups is 1. The van der Waals surface area contributed by atoms with E-state index in [1.165, 1.54) is 0 Å². The first-order valence-corrected chi connectivity index (χ1v) is 12.2. The summed E-state index contributed by atoms with van der Waals surface area (Å²) < 4.78 is 17.5. The summed E-state index contributed by atoms with van der Waals surface area (Å²) in [5.41, 5.74) is 3.03. The Morgan fingerprint density at radius 2 is 1.94 bits per heavy atom. The number of hydrogen-bond donors (Lipinski definition) is 2. The molecule has 0 spiro atoms. The Hall–Kier alpha value is -4.20. The van der Waals surface area contributed by atoms with E-state index < -0.39 is 6.04 Å². The highest BCUT2D eigenvalue weighted by molar-refractivity contribution is 6.00. The summed E-state index contributed by atoms with van der Waals surface area (Å²) in [5.74, 6) is 1.86. The highest BCUT2D eigenvalue weighted by Crippen LogP contribution is 2.46. The summed E-state index contributed by atoms with van der Waals surface area (Å²) in [6.45, 7) is 5.40. The normalized spacial score (nSPS) is 14.8. The monoisotopic (exact) mass is 487 g/mol. The van der Waals surface area contributed by atoms with E-state index in [0.29, 0.717) is 53.0 Å². The number of unbranched alkanes of at least 4 members (excludes halogenated alkanes) is 1. The van der Waals surface area contributed by atoms with Crippen molar-refractivity contribution in [1.82, 2.24) is 15.1 Å². The lowest BCUT2D eigenvalue weighted by Crippen LogP contribution is -2.29. The van der Waals surface area contributed by atoms with E-state index in [1.54, 1.807) is 35.4 Å². The quantitative estimate of drug-likeness (QED) is 0.278. The molecule has 4 aromatic rings. The van der Waals surface area contributed by atoms with Crippen LogP contribution in [0.5, 0.6) is 17.2 Å². The third-order valence-corrected chi connectivity index (χ3v) is 6.27. The van der Waals surface area contributed by atoms with Crippen LogP contribution in [0, 0.1) is 0 Å². The van der Waals surface area contributed by atoms with Crippen molar-refractivity contribution < 1.29 is 23.8 Å². The van der Waals surface area contributed by atoms with Gasteiger partial charge in [0.05, 0.1) is 32.1 Å². The lowest BCUT2D eigenvalue weighted by atomic mass is 9.95. The number of H-pyrrole nitrogens is 1. The van der Waals surface area contributed by atoms with E-state index in [0.717, 1.165) is 18.4 Å². The van der Waals surface area contributed by atoms with Crippen molar-refractivity contribution in [3.8, 4) is 28.5 Å². The van der Waals surface area contributed by atoms with Crippen LogP contribution >= 0.6 is 0 Å². The van der Waals surface area contributed by atoms with Crippen LogP contribution in [0.2, 0.25) is 0 Å². The number of carbonyl (C=O) groups excluding carboxylic acids is 1. The Bertz CT molecular complexity index is 1350. The molecule has 0 saturated heterocycles. The van der Waals surface area contributed by atoms with Gasteiger partial charge in [0.1, 0.15) is 22.9 Å². The number of ether oxygens (including phenoxy) is 2. The smallest absolute Gasteiger partial charge is 0.273 e. The van der Waals surface area contributed by atoms with Crippen molar-refractivity contribution in [2.24, 2.45) is 0 Å². The van der Waals surface area contributed by atoms with Crippen molar-refractivity contribution in [3.05, 3.63) is 83.4 Å². The van der Waals surface area contributed by atoms with Crippen molar-refractivity contribution >= 4 is 5.91 Å². The molecule has 1 aliphatic heterocycles. The summed E-state index contributed by atoms with van der Waals surface area (Å²) in [4.78, 5) is 15.3. The van der Waals surface area contributed by atoms with Crippen LogP contribution in [0.25, 0.3) is 11.3 Å². The number of aromatic nitrogens is 2. The zero-order valence-corrected chi connectivity index (χ0v) is 20.4. The largest absolute Gasteiger partial charge is 0.507 e. The third kappa shape index (κ3) is 4.30. The lowest BCUT2D eigenvalue weighted by Gasteiger charge is -2.26. The second-order valence-electron chi connectivity index (χ2n) is 8.63. The lowest BCUT2D eigenvalue weighted by molar-refractivity contribution is 0.0716. The molecular formula is C28H29N3O5. The van der Waals surface area contributed by atoms with Gasteiger partial charge < -0.3 is 23.9 Å². The number of hydrogen-bond acceptors (Lipinski definition) is 6. The highest BCUT2D eigenvalue weighted by atomic mass is 16.5. The predicted octanol–water partition coefficient (Wildman–Crippen LogP) is 5.70. The van der Waals surface area contributed by atoms with Crippen molar-refractivity contribution in [3.63, 3.8) is 0 Å². The molecule has 0 aliphatic carbocycles. The molecular weight excluding hydrogens is 458 g/mol. The van der Waals surface area contributed by atoms with Crippen molar-refractivity contribution in [2.45, 2.75) is 39.3 Å². The molecule has 5 rings (SSSR count). The first-order chi connectivity index (χ1) is 17.6. The van der Waals surface area contributed by atoms with E-state index in [-0.39, 0.29) is 18.2 Å². The van der Waals surface area contributed by atoms with Crippen LogP contribution in [0.15, 0.2) is 65.3 Å². The number of rotatable bonds is 10. The number of amides is 1. The standard InChI is InChI=1S/C28H29N3O5/c1-3-5-14-36-22-13-12-18(16-23(22)34-4-2)27-24-25(20-10-6-7-11-21(20)32)29-30-26(24)28(33)31(27)17-19-9-8-15-35-19/h6-13,15-16,27,32H,3-5,14,17H2,1-2H3,(H,29,30)/t27-/m0/s1. The Morgan fingerprint density at radius 1 is 1.08 bits per heavy atom. The third-order valence-electron chi connectivity index (χ3n) is 6.27. The average Bonchev–Trinajstić information content (AvgIpc) is 3.60. The highest BCUT2D eigenvalue weighted by Gasteiger charge is 2.43. The van der Waals surface area contributed by atoms with Crippen LogP contribution < -0.4 is 9.47 Å². The van der Waals surface area contributed by atoms with Gasteiger partial charge in [-0.15, -0.1) is 0 Å². The fraction of sp³-hybridized carbons (Fsp3) is 0.286. The maximum absolute atomic E-state index is 13.6. The molecule has 0 fully saturated rings. The molecule has 8 heteroatoms. The van der Waals surface area contributed by atoms with E-state index in [1.807, 2.05) is 37.3 Å². The number of phenols is 1.